The first-order chi connectivity index (χ1) is 46.8. The van der Waals surface area contributed by atoms with Crippen molar-refractivity contribution in [2.75, 3.05) is 13.2 Å². The van der Waals surface area contributed by atoms with E-state index in [1.54, 1.807) is 6.08 Å². The van der Waals surface area contributed by atoms with Gasteiger partial charge in [0.15, 0.2) is 6.29 Å². The molecule has 7 unspecified atom stereocenters. The van der Waals surface area contributed by atoms with Crippen molar-refractivity contribution < 1.29 is 39.8 Å². The van der Waals surface area contributed by atoms with Crippen molar-refractivity contribution in [2.24, 2.45) is 0 Å². The number of hydrogen-bond acceptors (Lipinski definition) is 8. The molecule has 1 heterocycles. The lowest BCUT2D eigenvalue weighted by atomic mass is 9.99. The Balaban J connectivity index is 2.04. The van der Waals surface area contributed by atoms with Crippen LogP contribution >= 0.6 is 0 Å². The Labute approximate surface area is 589 Å². The minimum atomic E-state index is -1.57. The van der Waals surface area contributed by atoms with Gasteiger partial charge < -0.3 is 40.3 Å². The fourth-order valence-corrected chi connectivity index (χ4v) is 13.6. The molecule has 0 bridgehead atoms. The van der Waals surface area contributed by atoms with E-state index in [-0.39, 0.29) is 12.5 Å². The number of unbranched alkanes of at least 4 members (excludes halogenated alkanes) is 57. The maximum absolute atomic E-state index is 13.2. The molecular weight excluding hydrogens is 1170 g/mol. The molecule has 0 aliphatic carbocycles. The molecule has 1 saturated heterocycles. The monoisotopic (exact) mass is 1340 g/mol. The summed E-state index contributed by atoms with van der Waals surface area (Å²) in [6.07, 6.45) is 98.2. The summed E-state index contributed by atoms with van der Waals surface area (Å²) in [5.74, 6) is -0.168. The van der Waals surface area contributed by atoms with E-state index < -0.39 is 49.5 Å². The van der Waals surface area contributed by atoms with Crippen LogP contribution in [0.4, 0.5) is 0 Å². The molecule has 6 N–H and O–H groups in total. The first kappa shape index (κ1) is 90.9. The lowest BCUT2D eigenvalue weighted by Gasteiger charge is -2.40. The lowest BCUT2D eigenvalue weighted by molar-refractivity contribution is -0.302. The first-order valence-electron chi connectivity index (χ1n) is 42.0. The fraction of sp³-hybridized carbons (Fsp3) is 0.872. The Morgan fingerprint density at radius 1 is 0.368 bits per heavy atom. The van der Waals surface area contributed by atoms with Gasteiger partial charge in [-0.2, -0.15) is 0 Å². The SMILES string of the molecule is CC/C=C\C/C=C\C/C=C\C/C=C\CCCCCCCCCCCCCCCCCCCCCCCCCCCCC(=O)NC(COC1OC(CO)C(O)C(O)C1O)C(O)/C=C/CCCCCCCCCCCCCCCCCCCCCCCCCCCCCCCCC. The second-order valence-electron chi connectivity index (χ2n) is 29.3. The summed E-state index contributed by atoms with van der Waals surface area (Å²) in [5, 5.41) is 55.0. The third-order valence-corrected chi connectivity index (χ3v) is 20.1. The normalized spacial score (nSPS) is 17.7. The molecule has 0 spiro atoms. The maximum atomic E-state index is 13.2. The lowest BCUT2D eigenvalue weighted by Crippen LogP contribution is -2.60. The molecule has 1 amide bonds. The number of nitrogens with one attached hydrogen (secondary N) is 1. The summed E-state index contributed by atoms with van der Waals surface area (Å²) in [5.41, 5.74) is 0. The zero-order valence-electron chi connectivity index (χ0n) is 62.9. The first-order valence-corrected chi connectivity index (χ1v) is 42.0. The van der Waals surface area contributed by atoms with Gasteiger partial charge in [0.1, 0.15) is 24.4 Å². The fourth-order valence-electron chi connectivity index (χ4n) is 13.6. The van der Waals surface area contributed by atoms with Gasteiger partial charge in [0.25, 0.3) is 0 Å². The topological polar surface area (TPSA) is 149 Å². The highest BCUT2D eigenvalue weighted by molar-refractivity contribution is 5.76. The molecule has 0 aromatic carbocycles. The number of carbonyl (C=O) groups excluding carboxylic acids is 1. The molecule has 1 fully saturated rings. The second kappa shape index (κ2) is 74.6. The number of aliphatic hydroxyl groups excluding tert-OH is 5. The Bertz CT molecular complexity index is 1700. The minimum absolute atomic E-state index is 0.168. The van der Waals surface area contributed by atoms with Gasteiger partial charge >= 0.3 is 0 Å². The molecule has 9 nitrogen and oxygen atoms in total. The Hall–Kier alpha value is -2.11. The van der Waals surface area contributed by atoms with E-state index in [0.717, 1.165) is 64.2 Å². The molecule has 0 aromatic heterocycles. The molecule has 558 valence electrons. The zero-order valence-corrected chi connectivity index (χ0v) is 62.9. The molecule has 1 rings (SSSR count). The van der Waals surface area contributed by atoms with Gasteiger partial charge in [0, 0.05) is 6.42 Å². The van der Waals surface area contributed by atoms with Crippen molar-refractivity contribution in [1.82, 2.24) is 5.32 Å². The van der Waals surface area contributed by atoms with Gasteiger partial charge in [-0.1, -0.05) is 421 Å². The smallest absolute Gasteiger partial charge is 0.220 e. The van der Waals surface area contributed by atoms with Gasteiger partial charge in [-0.15, -0.1) is 0 Å². The summed E-state index contributed by atoms with van der Waals surface area (Å²) in [6, 6.07) is -0.807. The minimum Gasteiger partial charge on any atom is -0.394 e. The maximum Gasteiger partial charge on any atom is 0.220 e. The van der Waals surface area contributed by atoms with Crippen LogP contribution in [0.15, 0.2) is 60.8 Å². The van der Waals surface area contributed by atoms with Crippen molar-refractivity contribution in [3.63, 3.8) is 0 Å². The molecule has 9 heteroatoms. The molecule has 0 aromatic rings. The van der Waals surface area contributed by atoms with Crippen molar-refractivity contribution in [3.05, 3.63) is 60.8 Å². The van der Waals surface area contributed by atoms with Crippen LogP contribution in [-0.4, -0.2) is 87.5 Å². The molecule has 95 heavy (non-hydrogen) atoms. The highest BCUT2D eigenvalue weighted by atomic mass is 16.7. The summed E-state index contributed by atoms with van der Waals surface area (Å²) < 4.78 is 11.4. The van der Waals surface area contributed by atoms with Crippen molar-refractivity contribution in [3.8, 4) is 0 Å². The predicted molar refractivity (Wildman–Crippen MR) is 410 cm³/mol. The van der Waals surface area contributed by atoms with Crippen LogP contribution in [0.2, 0.25) is 0 Å². The third kappa shape index (κ3) is 62.6. The van der Waals surface area contributed by atoms with E-state index in [4.69, 9.17) is 9.47 Å². The molecule has 7 atom stereocenters. The van der Waals surface area contributed by atoms with E-state index in [9.17, 15) is 30.3 Å². The Morgan fingerprint density at radius 2 is 0.653 bits per heavy atom. The number of amides is 1. The number of allylic oxidation sites excluding steroid dienone is 9. The van der Waals surface area contributed by atoms with E-state index in [1.165, 1.54) is 340 Å². The third-order valence-electron chi connectivity index (χ3n) is 20.1. The molecule has 0 saturated carbocycles. The summed E-state index contributed by atoms with van der Waals surface area (Å²) in [7, 11) is 0. The van der Waals surface area contributed by atoms with Crippen molar-refractivity contribution in [1.29, 1.82) is 0 Å². The Kier molecular flexibility index (Phi) is 71.4. The highest BCUT2D eigenvalue weighted by Gasteiger charge is 2.44. The van der Waals surface area contributed by atoms with Crippen molar-refractivity contribution >= 4 is 5.91 Å². The molecule has 1 aliphatic rings. The van der Waals surface area contributed by atoms with Gasteiger partial charge in [0.2, 0.25) is 5.91 Å². The molecule has 1 aliphatic heterocycles. The zero-order chi connectivity index (χ0) is 68.5. The van der Waals surface area contributed by atoms with Crippen LogP contribution < -0.4 is 5.32 Å². The van der Waals surface area contributed by atoms with Crippen LogP contribution in [0.3, 0.4) is 0 Å². The number of aliphatic hydroxyl groups is 5. The van der Waals surface area contributed by atoms with Crippen LogP contribution in [0.25, 0.3) is 0 Å². The van der Waals surface area contributed by atoms with Gasteiger partial charge in [-0.05, 0) is 57.8 Å². The van der Waals surface area contributed by atoms with Crippen LogP contribution in [0.5, 0.6) is 0 Å². The number of rotatable bonds is 75. The average molecular weight is 1340 g/mol. The number of hydrogen-bond donors (Lipinski definition) is 6. The van der Waals surface area contributed by atoms with E-state index in [1.807, 2.05) is 6.08 Å². The standard InChI is InChI=1S/C86H161NO8/c1-3-5-7-9-11-13-15-17-19-21-23-25-27-29-31-33-35-37-38-39-40-41-42-44-46-48-50-52-54-56-58-60-62-64-66-68-70-72-74-76-82(90)87-79(78-94-86-85(93)84(92)83(91)81(77-88)95-86)80(89)75-73-71-69-67-65-63-61-59-57-55-53-51-49-47-45-43-36-34-32-30-28-26-24-22-20-18-16-14-12-10-8-6-4-2/h5,7,11,13,17,19,23,25,73,75,79-81,83-86,88-89,91-93H,3-4,6,8-10,12,14-16,18,20-22,24,26-72,74,76-78H2,1-2H3,(H,87,90)/b7-5-,13-11-,19-17-,25-23-,75-73+. The van der Waals surface area contributed by atoms with Crippen LogP contribution in [-0.2, 0) is 14.3 Å². The van der Waals surface area contributed by atoms with Gasteiger partial charge in [0.05, 0.1) is 25.4 Å². The summed E-state index contributed by atoms with van der Waals surface area (Å²) in [4.78, 5) is 13.2. The van der Waals surface area contributed by atoms with Gasteiger partial charge in [-0.3, -0.25) is 4.79 Å². The average Bonchev–Trinajstić information content (AvgIpc) is 0.836. The van der Waals surface area contributed by atoms with Crippen LogP contribution in [0.1, 0.15) is 425 Å². The summed E-state index contributed by atoms with van der Waals surface area (Å²) >= 11 is 0. The number of ether oxygens (including phenoxy) is 2. The Morgan fingerprint density at radius 3 is 0.968 bits per heavy atom. The van der Waals surface area contributed by atoms with E-state index in [2.05, 4.69) is 67.8 Å². The van der Waals surface area contributed by atoms with E-state index in [0.29, 0.717) is 6.42 Å². The summed E-state index contributed by atoms with van der Waals surface area (Å²) in [6.45, 7) is 3.73. The number of carbonyl (C=O) groups is 1. The largest absolute Gasteiger partial charge is 0.394 e. The van der Waals surface area contributed by atoms with Gasteiger partial charge in [-0.25, -0.2) is 0 Å². The predicted octanol–water partition coefficient (Wildman–Crippen LogP) is 24.4. The molecular formula is C86H161NO8. The van der Waals surface area contributed by atoms with Crippen molar-refractivity contribution in [2.45, 2.75) is 468 Å². The molecule has 0 radical (unpaired) electrons. The van der Waals surface area contributed by atoms with E-state index >= 15 is 0 Å². The quantitative estimate of drug-likeness (QED) is 0.0261. The van der Waals surface area contributed by atoms with Crippen LogP contribution in [0, 0.1) is 0 Å². The highest BCUT2D eigenvalue weighted by Crippen LogP contribution is 2.24. The second-order valence-corrected chi connectivity index (χ2v) is 29.3.